The van der Waals surface area contributed by atoms with Crippen LogP contribution in [-0.4, -0.2) is 11.2 Å². The Labute approximate surface area is 204 Å². The van der Waals surface area contributed by atoms with Crippen LogP contribution in [0.4, 0.5) is 0 Å². The molecule has 166 valence electrons. The summed E-state index contributed by atoms with van der Waals surface area (Å²) in [5.74, 6) is 0. The van der Waals surface area contributed by atoms with E-state index in [-0.39, 0.29) is 0 Å². The van der Waals surface area contributed by atoms with Gasteiger partial charge in [-0.15, -0.1) is 0 Å². The Morgan fingerprint density at radius 1 is 0.657 bits per heavy atom. The first-order valence-electron chi connectivity index (χ1n) is 12.0. The van der Waals surface area contributed by atoms with Gasteiger partial charge in [-0.05, 0) is 69.1 Å². The number of fused-ring (bicyclic) bond motifs is 6. The van der Waals surface area contributed by atoms with Crippen LogP contribution in [0.2, 0.25) is 0 Å². The van der Waals surface area contributed by atoms with Crippen LogP contribution >= 0.6 is 0 Å². The van der Waals surface area contributed by atoms with Crippen molar-refractivity contribution in [3.8, 4) is 22.3 Å². The van der Waals surface area contributed by atoms with E-state index in [0.717, 1.165) is 11.1 Å². The maximum absolute atomic E-state index is 7.90. The fourth-order valence-corrected chi connectivity index (χ4v) is 6.21. The quantitative estimate of drug-likeness (QED) is 0.239. The Kier molecular flexibility index (Phi) is 4.16. The second-order valence-corrected chi connectivity index (χ2v) is 9.52. The summed E-state index contributed by atoms with van der Waals surface area (Å²) < 4.78 is 0. The first kappa shape index (κ1) is 20.0. The minimum absolute atomic E-state index is 0.472. The van der Waals surface area contributed by atoms with E-state index in [2.05, 4.69) is 121 Å². The van der Waals surface area contributed by atoms with E-state index >= 15 is 0 Å². The Morgan fingerprint density at radius 3 is 2.26 bits per heavy atom. The predicted octanol–water partition coefficient (Wildman–Crippen LogP) is 7.94. The Balaban J connectivity index is 1.75. The average Bonchev–Trinajstić information content (AvgIpc) is 3.23. The van der Waals surface area contributed by atoms with Gasteiger partial charge in [0.15, 0.2) is 0 Å². The summed E-state index contributed by atoms with van der Waals surface area (Å²) in [4.78, 5) is 3.67. The number of para-hydroxylation sites is 1. The van der Waals surface area contributed by atoms with Crippen LogP contribution in [0.5, 0.6) is 0 Å². The van der Waals surface area contributed by atoms with E-state index in [1.54, 1.807) is 0 Å². The lowest BCUT2D eigenvalue weighted by atomic mass is 9.66. The van der Waals surface area contributed by atoms with Crippen LogP contribution in [0.25, 0.3) is 33.2 Å². The van der Waals surface area contributed by atoms with Crippen molar-refractivity contribution in [1.29, 1.82) is 5.41 Å². The molecular formula is C33H24N2. The van der Waals surface area contributed by atoms with E-state index in [1.807, 2.05) is 0 Å². The van der Waals surface area contributed by atoms with Crippen LogP contribution in [-0.2, 0) is 5.41 Å². The molecule has 8 rings (SSSR count). The van der Waals surface area contributed by atoms with Crippen molar-refractivity contribution in [2.45, 2.75) is 12.3 Å². The molecule has 0 saturated carbocycles. The summed E-state index contributed by atoms with van der Waals surface area (Å²) in [5.41, 5.74) is 12.7. The number of nitrogens with one attached hydrogen (secondary N) is 2. The van der Waals surface area contributed by atoms with Crippen molar-refractivity contribution in [2.75, 3.05) is 0 Å². The van der Waals surface area contributed by atoms with E-state index in [0.29, 0.717) is 0 Å². The van der Waals surface area contributed by atoms with Gasteiger partial charge in [0.2, 0.25) is 0 Å². The van der Waals surface area contributed by atoms with Crippen molar-refractivity contribution in [3.05, 3.63) is 143 Å². The van der Waals surface area contributed by atoms with Gasteiger partial charge in [-0.2, -0.15) is 0 Å². The van der Waals surface area contributed by atoms with Gasteiger partial charge >= 0.3 is 0 Å². The van der Waals surface area contributed by atoms with Gasteiger partial charge < -0.3 is 10.4 Å². The van der Waals surface area contributed by atoms with Gasteiger partial charge in [-0.25, -0.2) is 0 Å². The maximum Gasteiger partial charge on any atom is 0.0733 e. The van der Waals surface area contributed by atoms with E-state index in [4.69, 9.17) is 5.41 Å². The standard InChI is InChI=1S/C33H24N2/c1-21-13-15-30-27(17-21)28-18-22(19-34)14-16-31(28)33(30)23-7-6-10-24(25-8-2-4-11-29(25)33)26-9-3-5-12-32(26)35-20-23/h2-20,34-35H,1H3. The summed E-state index contributed by atoms with van der Waals surface area (Å²) in [6.07, 6.45) is 3.63. The summed E-state index contributed by atoms with van der Waals surface area (Å²) in [7, 11) is 0. The van der Waals surface area contributed by atoms with Gasteiger partial charge in [0.05, 0.1) is 5.41 Å². The van der Waals surface area contributed by atoms with Crippen LogP contribution in [0.15, 0.2) is 109 Å². The number of aryl methyl sites for hydroxylation is 1. The summed E-state index contributed by atoms with van der Waals surface area (Å²) >= 11 is 0. The highest BCUT2D eigenvalue weighted by Crippen LogP contribution is 2.58. The molecule has 1 aromatic heterocycles. The molecule has 2 heterocycles. The molecule has 0 amide bonds. The topological polar surface area (TPSA) is 39.6 Å². The monoisotopic (exact) mass is 448 g/mol. The van der Waals surface area contributed by atoms with Gasteiger partial charge in [-0.3, -0.25) is 0 Å². The smallest absolute Gasteiger partial charge is 0.0733 e. The number of hydrogen-bond acceptors (Lipinski definition) is 1. The van der Waals surface area contributed by atoms with Crippen molar-refractivity contribution < 1.29 is 0 Å². The lowest BCUT2D eigenvalue weighted by Gasteiger charge is -2.35. The molecule has 0 radical (unpaired) electrons. The zero-order chi connectivity index (χ0) is 23.6. The van der Waals surface area contributed by atoms with Gasteiger partial charge in [0.25, 0.3) is 0 Å². The number of H-pyrrole nitrogens is 1. The fraction of sp³-hybridized carbons (Fsp3) is 0.0606. The number of benzene rings is 4. The molecule has 0 fully saturated rings. The molecule has 4 aromatic carbocycles. The van der Waals surface area contributed by atoms with Crippen LogP contribution in [0.3, 0.4) is 0 Å². The van der Waals surface area contributed by atoms with Crippen LogP contribution in [0.1, 0.15) is 33.4 Å². The van der Waals surface area contributed by atoms with E-state index in [1.165, 1.54) is 61.7 Å². The number of hydrogen-bond donors (Lipinski definition) is 2. The van der Waals surface area contributed by atoms with E-state index < -0.39 is 5.41 Å². The third-order valence-corrected chi connectivity index (χ3v) is 7.68. The lowest BCUT2D eigenvalue weighted by molar-refractivity contribution is 0.767. The van der Waals surface area contributed by atoms with Gasteiger partial charge in [-0.1, -0.05) is 96.6 Å². The highest BCUT2D eigenvalue weighted by atomic mass is 14.7. The molecule has 3 aliphatic rings. The number of aromatic amines is 1. The minimum atomic E-state index is -0.472. The van der Waals surface area contributed by atoms with Gasteiger partial charge in [0, 0.05) is 23.3 Å². The fourth-order valence-electron chi connectivity index (χ4n) is 6.21. The molecule has 2 heteroatoms. The second-order valence-electron chi connectivity index (χ2n) is 9.52. The molecule has 2 N–H and O–H groups in total. The Bertz CT molecular complexity index is 1740. The van der Waals surface area contributed by atoms with Crippen molar-refractivity contribution >= 4 is 17.1 Å². The molecule has 2 nitrogen and oxygen atoms in total. The summed E-state index contributed by atoms with van der Waals surface area (Å²) in [5, 5.41) is 9.09. The lowest BCUT2D eigenvalue weighted by Crippen LogP contribution is -2.29. The zero-order valence-electron chi connectivity index (χ0n) is 19.5. The summed E-state index contributed by atoms with van der Waals surface area (Å²) in [6, 6.07) is 37.5. The second kappa shape index (κ2) is 7.28. The van der Waals surface area contributed by atoms with Crippen molar-refractivity contribution in [1.82, 2.24) is 4.98 Å². The zero-order valence-corrected chi connectivity index (χ0v) is 19.5. The number of aromatic nitrogens is 1. The van der Waals surface area contributed by atoms with E-state index in [9.17, 15) is 0 Å². The van der Waals surface area contributed by atoms with Crippen LogP contribution in [0, 0.1) is 12.3 Å². The van der Waals surface area contributed by atoms with Gasteiger partial charge in [0.1, 0.15) is 0 Å². The molecule has 1 atom stereocenters. The highest BCUT2D eigenvalue weighted by Gasteiger charge is 2.47. The maximum atomic E-state index is 7.90. The SMILES string of the molecule is Cc1ccc2c(c1)-c1cc(C=N)ccc1C21c2cccc(c3ccccc3[nH]c2)-c2ccccc21. The largest absolute Gasteiger partial charge is 0.361 e. The van der Waals surface area contributed by atoms with Crippen molar-refractivity contribution in [2.24, 2.45) is 0 Å². The highest BCUT2D eigenvalue weighted by molar-refractivity contribution is 5.98. The molecule has 35 heavy (non-hydrogen) atoms. The molecule has 1 aliphatic heterocycles. The molecule has 2 aliphatic carbocycles. The average molecular weight is 449 g/mol. The van der Waals surface area contributed by atoms with Crippen molar-refractivity contribution in [3.63, 3.8) is 0 Å². The normalized spacial score (nSPS) is 16.4. The summed E-state index contributed by atoms with van der Waals surface area (Å²) in [6.45, 7) is 2.15. The number of rotatable bonds is 1. The third-order valence-electron chi connectivity index (χ3n) is 7.68. The molecule has 2 bridgehead atoms. The first-order valence-corrected chi connectivity index (χ1v) is 12.0. The van der Waals surface area contributed by atoms with Crippen LogP contribution < -0.4 is 0 Å². The Morgan fingerprint density at radius 2 is 1.37 bits per heavy atom. The molecule has 1 unspecified atom stereocenters. The minimum Gasteiger partial charge on any atom is -0.361 e. The third kappa shape index (κ3) is 2.62. The first-order chi connectivity index (χ1) is 17.2. The molecular weight excluding hydrogens is 424 g/mol. The predicted molar refractivity (Wildman–Crippen MR) is 145 cm³/mol. The Hall–Kier alpha value is -4.43. The molecule has 5 aromatic rings. The molecule has 0 saturated heterocycles. The molecule has 1 spiro atoms.